The molecule has 2 aromatic rings. The lowest BCUT2D eigenvalue weighted by Gasteiger charge is -2.34. The molecule has 0 aromatic heterocycles. The highest BCUT2D eigenvalue weighted by atomic mass is 16.2. The molecular formula is C20H18N2O3. The van der Waals surface area contributed by atoms with Crippen molar-refractivity contribution in [3.63, 3.8) is 0 Å². The van der Waals surface area contributed by atoms with Crippen molar-refractivity contribution in [3.8, 4) is 0 Å². The quantitative estimate of drug-likeness (QED) is 0.754. The van der Waals surface area contributed by atoms with Crippen LogP contribution in [0.5, 0.6) is 0 Å². The number of anilines is 1. The van der Waals surface area contributed by atoms with Crippen molar-refractivity contribution in [2.45, 2.75) is 25.3 Å². The van der Waals surface area contributed by atoms with E-state index in [1.807, 2.05) is 6.07 Å². The van der Waals surface area contributed by atoms with Gasteiger partial charge in [-0.1, -0.05) is 30.3 Å². The van der Waals surface area contributed by atoms with Crippen molar-refractivity contribution in [1.82, 2.24) is 4.90 Å². The van der Waals surface area contributed by atoms with Gasteiger partial charge in [0.2, 0.25) is 0 Å². The molecule has 0 radical (unpaired) electrons. The average molecular weight is 334 g/mol. The SMILES string of the molecule is O=C(c1ccccc1)N1C(=O)C2CCCCN2C(=O)c2ccccc21. The van der Waals surface area contributed by atoms with Gasteiger partial charge in [-0.05, 0) is 43.5 Å². The molecule has 25 heavy (non-hydrogen) atoms. The Morgan fingerprint density at radius 1 is 0.920 bits per heavy atom. The van der Waals surface area contributed by atoms with E-state index in [0.29, 0.717) is 29.8 Å². The minimum absolute atomic E-state index is 0.169. The van der Waals surface area contributed by atoms with Gasteiger partial charge in [0, 0.05) is 12.1 Å². The van der Waals surface area contributed by atoms with Gasteiger partial charge in [0.05, 0.1) is 11.3 Å². The molecule has 0 bridgehead atoms. The zero-order valence-corrected chi connectivity index (χ0v) is 13.7. The van der Waals surface area contributed by atoms with Crippen molar-refractivity contribution < 1.29 is 14.4 Å². The Labute approximate surface area is 145 Å². The predicted molar refractivity (Wildman–Crippen MR) is 93.4 cm³/mol. The second kappa shape index (κ2) is 6.16. The lowest BCUT2D eigenvalue weighted by molar-refractivity contribution is -0.123. The number of fused-ring (bicyclic) bond motifs is 2. The van der Waals surface area contributed by atoms with Gasteiger partial charge >= 0.3 is 0 Å². The Morgan fingerprint density at radius 2 is 1.64 bits per heavy atom. The van der Waals surface area contributed by atoms with Crippen LogP contribution in [0.15, 0.2) is 54.6 Å². The van der Waals surface area contributed by atoms with Crippen molar-refractivity contribution in [3.05, 3.63) is 65.7 Å². The Hall–Kier alpha value is -2.95. The Kier molecular flexibility index (Phi) is 3.84. The van der Waals surface area contributed by atoms with E-state index in [9.17, 15) is 14.4 Å². The molecule has 126 valence electrons. The summed E-state index contributed by atoms with van der Waals surface area (Å²) >= 11 is 0. The van der Waals surface area contributed by atoms with Crippen LogP contribution in [0.4, 0.5) is 5.69 Å². The molecule has 5 heteroatoms. The van der Waals surface area contributed by atoms with Crippen LogP contribution in [0.1, 0.15) is 40.0 Å². The van der Waals surface area contributed by atoms with Crippen molar-refractivity contribution in [1.29, 1.82) is 0 Å². The largest absolute Gasteiger partial charge is 0.327 e. The number of hydrogen-bond acceptors (Lipinski definition) is 3. The van der Waals surface area contributed by atoms with E-state index in [4.69, 9.17) is 0 Å². The number of carbonyl (C=O) groups excluding carboxylic acids is 3. The number of hydrogen-bond donors (Lipinski definition) is 0. The van der Waals surface area contributed by atoms with Gasteiger partial charge in [-0.15, -0.1) is 0 Å². The van der Waals surface area contributed by atoms with Gasteiger partial charge in [0.15, 0.2) is 0 Å². The molecule has 3 amide bonds. The van der Waals surface area contributed by atoms with Crippen LogP contribution in [0.3, 0.4) is 0 Å². The number of piperidine rings is 1. The number of carbonyl (C=O) groups is 3. The molecule has 0 aliphatic carbocycles. The molecular weight excluding hydrogens is 316 g/mol. The number of para-hydroxylation sites is 1. The molecule has 2 aliphatic rings. The highest BCUT2D eigenvalue weighted by molar-refractivity contribution is 6.26. The Bertz CT molecular complexity index is 847. The second-order valence-electron chi connectivity index (χ2n) is 6.37. The molecule has 4 rings (SSSR count). The number of imide groups is 1. The number of nitrogens with zero attached hydrogens (tertiary/aromatic N) is 2. The Balaban J connectivity index is 1.87. The zero-order valence-electron chi connectivity index (χ0n) is 13.7. The summed E-state index contributed by atoms with van der Waals surface area (Å²) in [5.74, 6) is -0.873. The molecule has 1 atom stereocenters. The highest BCUT2D eigenvalue weighted by Gasteiger charge is 2.42. The minimum atomic E-state index is -0.568. The van der Waals surface area contributed by atoms with Crippen molar-refractivity contribution in [2.24, 2.45) is 0 Å². The van der Waals surface area contributed by atoms with Crippen LogP contribution < -0.4 is 4.90 Å². The van der Waals surface area contributed by atoms with Gasteiger partial charge < -0.3 is 4.90 Å². The molecule has 0 saturated carbocycles. The summed E-state index contributed by atoms with van der Waals surface area (Å²) in [6.07, 6.45) is 2.35. The molecule has 1 unspecified atom stereocenters. The van der Waals surface area contributed by atoms with E-state index in [-0.39, 0.29) is 11.8 Å². The van der Waals surface area contributed by atoms with E-state index in [0.717, 1.165) is 12.8 Å². The monoisotopic (exact) mass is 334 g/mol. The first-order valence-corrected chi connectivity index (χ1v) is 8.52. The standard InChI is InChI=1S/C20H18N2O3/c23-18(14-8-2-1-3-9-14)22-16-11-5-4-10-15(16)19(24)21-13-7-6-12-17(21)20(22)25/h1-5,8-11,17H,6-7,12-13H2. The lowest BCUT2D eigenvalue weighted by Crippen LogP contribution is -2.52. The van der Waals surface area contributed by atoms with E-state index in [2.05, 4.69) is 0 Å². The third-order valence-electron chi connectivity index (χ3n) is 4.87. The third-order valence-corrected chi connectivity index (χ3v) is 4.87. The molecule has 2 heterocycles. The van der Waals surface area contributed by atoms with Crippen LogP contribution >= 0.6 is 0 Å². The fourth-order valence-corrected chi connectivity index (χ4v) is 3.62. The maximum absolute atomic E-state index is 13.2. The summed E-state index contributed by atoms with van der Waals surface area (Å²) in [5, 5.41) is 0. The van der Waals surface area contributed by atoms with Crippen molar-refractivity contribution in [2.75, 3.05) is 11.4 Å². The van der Waals surface area contributed by atoms with Crippen LogP contribution in [-0.2, 0) is 4.79 Å². The van der Waals surface area contributed by atoms with Crippen LogP contribution in [0.25, 0.3) is 0 Å². The van der Waals surface area contributed by atoms with Crippen LogP contribution in [0.2, 0.25) is 0 Å². The smallest absolute Gasteiger partial charge is 0.265 e. The summed E-state index contributed by atoms with van der Waals surface area (Å²) in [4.78, 5) is 42.1. The van der Waals surface area contributed by atoms with Gasteiger partial charge in [-0.3, -0.25) is 14.4 Å². The number of amides is 3. The molecule has 1 saturated heterocycles. The lowest BCUT2D eigenvalue weighted by atomic mass is 10.0. The maximum atomic E-state index is 13.2. The van der Waals surface area contributed by atoms with E-state index >= 15 is 0 Å². The van der Waals surface area contributed by atoms with Gasteiger partial charge in [0.1, 0.15) is 6.04 Å². The summed E-state index contributed by atoms with van der Waals surface area (Å²) < 4.78 is 0. The normalized spacial score (nSPS) is 19.9. The Morgan fingerprint density at radius 3 is 2.44 bits per heavy atom. The topological polar surface area (TPSA) is 57.7 Å². The number of rotatable bonds is 1. The zero-order chi connectivity index (χ0) is 17.4. The fraction of sp³-hybridized carbons (Fsp3) is 0.250. The maximum Gasteiger partial charge on any atom is 0.265 e. The minimum Gasteiger partial charge on any atom is -0.327 e. The summed E-state index contributed by atoms with van der Waals surface area (Å²) in [5.41, 5.74) is 1.22. The molecule has 2 aliphatic heterocycles. The first kappa shape index (κ1) is 15.6. The molecule has 2 aromatic carbocycles. The fourth-order valence-electron chi connectivity index (χ4n) is 3.62. The summed E-state index contributed by atoms with van der Waals surface area (Å²) in [6.45, 7) is 0.553. The van der Waals surface area contributed by atoms with Gasteiger partial charge in [0.25, 0.3) is 17.7 Å². The second-order valence-corrected chi connectivity index (χ2v) is 6.37. The average Bonchev–Trinajstić information content (AvgIpc) is 2.77. The molecule has 0 N–H and O–H groups in total. The third kappa shape index (κ3) is 2.52. The molecule has 5 nitrogen and oxygen atoms in total. The summed E-state index contributed by atoms with van der Waals surface area (Å²) in [6, 6.07) is 15.0. The van der Waals surface area contributed by atoms with E-state index in [1.165, 1.54) is 4.90 Å². The highest BCUT2D eigenvalue weighted by Crippen LogP contribution is 2.32. The van der Waals surface area contributed by atoms with Crippen LogP contribution in [0, 0.1) is 0 Å². The van der Waals surface area contributed by atoms with E-state index < -0.39 is 11.9 Å². The first-order chi connectivity index (χ1) is 12.2. The number of benzene rings is 2. The summed E-state index contributed by atoms with van der Waals surface area (Å²) in [7, 11) is 0. The van der Waals surface area contributed by atoms with E-state index in [1.54, 1.807) is 53.4 Å². The van der Waals surface area contributed by atoms with Gasteiger partial charge in [-0.25, -0.2) is 4.90 Å². The molecule has 0 spiro atoms. The molecule has 1 fully saturated rings. The predicted octanol–water partition coefficient (Wildman–Crippen LogP) is 2.87. The first-order valence-electron chi connectivity index (χ1n) is 8.52. The van der Waals surface area contributed by atoms with Crippen molar-refractivity contribution >= 4 is 23.4 Å². The van der Waals surface area contributed by atoms with Gasteiger partial charge in [-0.2, -0.15) is 0 Å². The van der Waals surface area contributed by atoms with Crippen LogP contribution in [-0.4, -0.2) is 35.2 Å².